The van der Waals surface area contributed by atoms with Crippen molar-refractivity contribution in [3.63, 3.8) is 0 Å². The highest BCUT2D eigenvalue weighted by molar-refractivity contribution is 5.98. The molecule has 2 aromatic heterocycles. The fourth-order valence-corrected chi connectivity index (χ4v) is 5.78. The predicted octanol–water partition coefficient (Wildman–Crippen LogP) is 6.57. The van der Waals surface area contributed by atoms with Gasteiger partial charge in [-0.3, -0.25) is 9.69 Å². The maximum atomic E-state index is 13.2. The first-order valence-corrected chi connectivity index (χ1v) is 15.3. The smallest absolute Gasteiger partial charge is 0.385 e. The lowest BCUT2D eigenvalue weighted by molar-refractivity contribution is -0.137. The minimum absolute atomic E-state index is 0.0136. The van der Waals surface area contributed by atoms with Gasteiger partial charge in [-0.1, -0.05) is 54.1 Å². The van der Waals surface area contributed by atoms with Gasteiger partial charge in [0.1, 0.15) is 11.8 Å². The maximum absolute atomic E-state index is 13.2. The Balaban J connectivity index is 1.33. The van der Waals surface area contributed by atoms with Gasteiger partial charge in [0.2, 0.25) is 0 Å². The largest absolute Gasteiger partial charge is 0.416 e. The van der Waals surface area contributed by atoms with E-state index in [1.807, 2.05) is 73.1 Å². The van der Waals surface area contributed by atoms with Gasteiger partial charge in [-0.25, -0.2) is 9.67 Å². The molecule has 238 valence electrons. The highest BCUT2D eigenvalue weighted by Crippen LogP contribution is 2.31. The van der Waals surface area contributed by atoms with E-state index in [2.05, 4.69) is 4.90 Å². The number of nitrogens with zero attached hydrogens (tertiary/aromatic N) is 4. The number of β-amino-alcohol motifs (C(OH)–C–C–N with tert-alkyl or cyclic N) is 1. The van der Waals surface area contributed by atoms with Crippen LogP contribution in [0, 0.1) is 13.8 Å². The number of pyridine rings is 1. The van der Waals surface area contributed by atoms with Crippen molar-refractivity contribution in [3.05, 3.63) is 118 Å². The molecule has 7 nitrogen and oxygen atoms in total. The van der Waals surface area contributed by atoms with E-state index in [9.17, 15) is 23.1 Å². The van der Waals surface area contributed by atoms with Crippen LogP contribution < -0.4 is 0 Å². The minimum atomic E-state index is -4.53. The Morgan fingerprint density at radius 1 is 0.957 bits per heavy atom. The predicted molar refractivity (Wildman–Crippen MR) is 170 cm³/mol. The zero-order valence-corrected chi connectivity index (χ0v) is 25.7. The number of halogens is 3. The number of morpholine rings is 1. The van der Waals surface area contributed by atoms with Gasteiger partial charge < -0.3 is 9.84 Å². The highest BCUT2D eigenvalue weighted by atomic mass is 19.4. The fraction of sp³-hybridized carbons (Fsp3) is 0.306. The van der Waals surface area contributed by atoms with Gasteiger partial charge >= 0.3 is 6.18 Å². The van der Waals surface area contributed by atoms with Crippen molar-refractivity contribution in [2.24, 2.45) is 0 Å². The van der Waals surface area contributed by atoms with Gasteiger partial charge in [-0.15, -0.1) is 0 Å². The van der Waals surface area contributed by atoms with Crippen LogP contribution in [0.2, 0.25) is 0 Å². The minimum Gasteiger partial charge on any atom is -0.385 e. The number of hydrogen-bond donors (Lipinski definition) is 1. The molecular weight excluding hydrogens is 593 g/mol. The zero-order chi connectivity index (χ0) is 32.4. The summed E-state index contributed by atoms with van der Waals surface area (Å²) in [6.45, 7) is 7.62. The van der Waals surface area contributed by atoms with Gasteiger partial charge in [0, 0.05) is 42.6 Å². The summed E-state index contributed by atoms with van der Waals surface area (Å²) < 4.78 is 47.0. The molecule has 1 unspecified atom stereocenters. The van der Waals surface area contributed by atoms with Crippen LogP contribution in [0.1, 0.15) is 50.0 Å². The van der Waals surface area contributed by atoms with Crippen molar-refractivity contribution < 1.29 is 27.8 Å². The molecule has 0 radical (unpaired) electrons. The number of ether oxygens (including phenoxy) is 1. The molecule has 1 aliphatic heterocycles. The molecule has 1 N–H and O–H groups in total. The molecule has 1 aliphatic rings. The number of fused-ring (bicyclic) bond motifs is 1. The molecular formula is C36H35F3N4O3. The van der Waals surface area contributed by atoms with Crippen LogP contribution in [0.3, 0.4) is 0 Å². The number of hydrogen-bond acceptors (Lipinski definition) is 6. The first-order valence-electron chi connectivity index (χ1n) is 15.3. The van der Waals surface area contributed by atoms with Gasteiger partial charge in [0.15, 0.2) is 11.4 Å². The number of alkyl halides is 3. The Morgan fingerprint density at radius 2 is 1.70 bits per heavy atom. The van der Waals surface area contributed by atoms with Crippen LogP contribution in [0.4, 0.5) is 13.2 Å². The lowest BCUT2D eigenvalue weighted by atomic mass is 9.96. The average Bonchev–Trinajstić information content (AvgIpc) is 3.40. The van der Waals surface area contributed by atoms with E-state index >= 15 is 0 Å². The number of carbonyl (C=O) groups is 1. The third-order valence-corrected chi connectivity index (χ3v) is 8.38. The van der Waals surface area contributed by atoms with Crippen molar-refractivity contribution in [1.82, 2.24) is 19.7 Å². The molecule has 6 rings (SSSR count). The topological polar surface area (TPSA) is 80.5 Å². The Bertz CT molecular complexity index is 1860. The van der Waals surface area contributed by atoms with E-state index in [1.54, 1.807) is 0 Å². The summed E-state index contributed by atoms with van der Waals surface area (Å²) in [6, 6.07) is 22.1. The van der Waals surface area contributed by atoms with E-state index in [-0.39, 0.29) is 12.0 Å². The monoisotopic (exact) mass is 628 g/mol. The first kappa shape index (κ1) is 31.6. The van der Waals surface area contributed by atoms with Crippen molar-refractivity contribution in [3.8, 4) is 11.3 Å². The number of aryl methyl sites for hydroxylation is 2. The normalized spacial score (nSPS) is 14.9. The van der Waals surface area contributed by atoms with Crippen LogP contribution in [0.25, 0.3) is 22.3 Å². The second kappa shape index (κ2) is 13.2. The molecule has 3 heterocycles. The number of aromatic nitrogens is 3. The lowest BCUT2D eigenvalue weighted by Gasteiger charge is -2.28. The molecule has 0 aliphatic carbocycles. The van der Waals surface area contributed by atoms with Gasteiger partial charge in [0.25, 0.3) is 0 Å². The maximum Gasteiger partial charge on any atom is 0.416 e. The fourth-order valence-electron chi connectivity index (χ4n) is 5.78. The Morgan fingerprint density at radius 3 is 2.43 bits per heavy atom. The first-order chi connectivity index (χ1) is 22.0. The van der Waals surface area contributed by atoms with Gasteiger partial charge in [-0.2, -0.15) is 18.3 Å². The highest BCUT2D eigenvalue weighted by Gasteiger charge is 2.31. The summed E-state index contributed by atoms with van der Waals surface area (Å²) in [4.78, 5) is 20.2. The molecule has 0 saturated carbocycles. The summed E-state index contributed by atoms with van der Waals surface area (Å²) in [7, 11) is 0. The molecule has 1 atom stereocenters. The number of rotatable bonds is 9. The summed E-state index contributed by atoms with van der Waals surface area (Å²) in [5, 5.41) is 16.9. The van der Waals surface area contributed by atoms with Crippen LogP contribution in [0.5, 0.6) is 0 Å². The Labute approximate surface area is 265 Å². The second-order valence-electron chi connectivity index (χ2n) is 11.9. The Kier molecular flexibility index (Phi) is 9.04. The summed E-state index contributed by atoms with van der Waals surface area (Å²) in [6.07, 6.45) is -5.40. The van der Waals surface area contributed by atoms with Crippen LogP contribution in [0.15, 0.2) is 78.9 Å². The van der Waals surface area contributed by atoms with E-state index in [0.29, 0.717) is 48.9 Å². The molecule has 46 heavy (non-hydrogen) atoms. The second-order valence-corrected chi connectivity index (χ2v) is 11.9. The Hall–Kier alpha value is -4.38. The van der Waals surface area contributed by atoms with E-state index in [4.69, 9.17) is 14.8 Å². The average molecular weight is 629 g/mol. The summed E-state index contributed by atoms with van der Waals surface area (Å²) >= 11 is 0. The van der Waals surface area contributed by atoms with Crippen LogP contribution >= 0.6 is 0 Å². The molecule has 1 saturated heterocycles. The number of aliphatic hydroxyl groups is 1. The molecule has 10 heteroatoms. The number of carbonyl (C=O) groups excluding carboxylic acids is 1. The van der Waals surface area contributed by atoms with Crippen LogP contribution in [-0.4, -0.2) is 63.4 Å². The number of benzene rings is 3. The quantitative estimate of drug-likeness (QED) is 0.186. The number of ketones is 1. The number of Topliss-reactive ketones (excluding diaryl/α,β-unsaturated/α-hetero) is 1. The lowest BCUT2D eigenvalue weighted by Crippen LogP contribution is -2.38. The number of aliphatic hydroxyl groups excluding tert-OH is 1. The standard InChI is InChI=1S/C36H35F3N4O3/c1-23-6-9-25(10-7-23)21-43-35-29(34(41-43)33(45)22-42-14-16-46-17-15-42)12-13-31(40-35)30-18-26(11-8-24(30)2)19-32(44)27-4-3-5-28(20-27)36(37,38)39/h3-13,18,20,33,45H,14-17,19,21-22H2,1-2H3. The van der Waals surface area contributed by atoms with Crippen molar-refractivity contribution in [2.75, 3.05) is 32.8 Å². The molecule has 3 aromatic carbocycles. The SMILES string of the molecule is Cc1ccc(Cn2nc(C(O)CN3CCOCC3)c3ccc(-c4cc(CC(=O)c5cccc(C(F)(F)F)c5)ccc4C)nc32)cc1. The third-order valence-electron chi connectivity index (χ3n) is 8.38. The van der Waals surface area contributed by atoms with E-state index in [1.165, 1.54) is 12.1 Å². The van der Waals surface area contributed by atoms with Gasteiger partial charge in [-0.05, 0) is 60.9 Å². The molecule has 5 aromatic rings. The van der Waals surface area contributed by atoms with Gasteiger partial charge in [0.05, 0.1) is 31.0 Å². The zero-order valence-electron chi connectivity index (χ0n) is 25.7. The molecule has 1 fully saturated rings. The van der Waals surface area contributed by atoms with Crippen molar-refractivity contribution >= 4 is 16.8 Å². The van der Waals surface area contributed by atoms with Crippen molar-refractivity contribution in [2.45, 2.75) is 39.1 Å². The molecule has 0 bridgehead atoms. The third kappa shape index (κ3) is 7.04. The summed E-state index contributed by atoms with van der Waals surface area (Å²) in [5.41, 5.74) is 5.60. The molecule has 0 amide bonds. The molecule has 0 spiro atoms. The van der Waals surface area contributed by atoms with E-state index in [0.717, 1.165) is 52.9 Å². The van der Waals surface area contributed by atoms with Crippen LogP contribution in [-0.2, 0) is 23.9 Å². The van der Waals surface area contributed by atoms with E-state index < -0.39 is 23.6 Å². The summed E-state index contributed by atoms with van der Waals surface area (Å²) in [5.74, 6) is -0.403. The van der Waals surface area contributed by atoms with Crippen molar-refractivity contribution in [1.29, 1.82) is 0 Å².